The lowest BCUT2D eigenvalue weighted by Crippen LogP contribution is -2.50. The van der Waals surface area contributed by atoms with Gasteiger partial charge in [0, 0.05) is 33.4 Å². The quantitative estimate of drug-likeness (QED) is 0.423. The molecule has 0 unspecified atom stereocenters. The zero-order valence-electron chi connectivity index (χ0n) is 17.8. The first-order chi connectivity index (χ1) is 14.7. The van der Waals surface area contributed by atoms with Gasteiger partial charge in [-0.2, -0.15) is 0 Å². The fourth-order valence-corrected chi connectivity index (χ4v) is 4.34. The fraction of sp³-hybridized carbons (Fsp3) is 0.391. The van der Waals surface area contributed by atoms with Crippen molar-refractivity contribution in [2.45, 2.75) is 51.6 Å². The van der Waals surface area contributed by atoms with E-state index >= 15 is 0 Å². The molecule has 1 N–H and O–H groups in total. The van der Waals surface area contributed by atoms with Crippen LogP contribution in [0, 0.1) is 5.82 Å². The summed E-state index contributed by atoms with van der Waals surface area (Å²) in [5.41, 5.74) is 1.30. The highest BCUT2D eigenvalue weighted by Gasteiger charge is 2.26. The van der Waals surface area contributed by atoms with Crippen molar-refractivity contribution < 1.29 is 14.0 Å². The molecule has 0 aromatic heterocycles. The largest absolute Gasteiger partial charge is 0.352 e. The number of rotatable bonds is 10. The minimum Gasteiger partial charge on any atom is -0.352 e. The highest BCUT2D eigenvalue weighted by molar-refractivity contribution is 9.10. The number of benzene rings is 2. The Kier molecular flexibility index (Phi) is 10.3. The molecule has 2 rings (SSSR count). The number of halogens is 3. The van der Waals surface area contributed by atoms with Gasteiger partial charge >= 0.3 is 0 Å². The van der Waals surface area contributed by atoms with Crippen LogP contribution in [0.5, 0.6) is 0 Å². The number of hydrogen-bond donors (Lipinski definition) is 1. The number of carbonyl (C=O) groups is 2. The summed E-state index contributed by atoms with van der Waals surface area (Å²) in [7, 11) is 0. The normalized spacial score (nSPS) is 12.8. The van der Waals surface area contributed by atoms with Crippen LogP contribution in [0.3, 0.4) is 0 Å². The molecule has 2 atom stereocenters. The van der Waals surface area contributed by atoms with E-state index in [-0.39, 0.29) is 35.2 Å². The Hall–Kier alpha value is -1.57. The van der Waals surface area contributed by atoms with E-state index in [2.05, 4.69) is 21.2 Å². The SMILES string of the molecule is CC[C@H](C)NC(=O)[C@@H](C)N(Cc1ccc(Br)cc1)C(=O)CSCc1c(F)cccc1Cl. The molecule has 0 saturated carbocycles. The lowest BCUT2D eigenvalue weighted by atomic mass is 10.1. The zero-order valence-corrected chi connectivity index (χ0v) is 21.0. The van der Waals surface area contributed by atoms with Gasteiger partial charge in [0.1, 0.15) is 11.9 Å². The summed E-state index contributed by atoms with van der Waals surface area (Å²) in [6.45, 7) is 5.96. The fourth-order valence-electron chi connectivity index (χ4n) is 2.83. The Morgan fingerprint density at radius 2 is 1.87 bits per heavy atom. The van der Waals surface area contributed by atoms with Crippen molar-refractivity contribution in [1.82, 2.24) is 10.2 Å². The van der Waals surface area contributed by atoms with E-state index < -0.39 is 6.04 Å². The third-order valence-corrected chi connectivity index (χ3v) is 6.79. The lowest BCUT2D eigenvalue weighted by molar-refractivity contribution is -0.138. The van der Waals surface area contributed by atoms with E-state index in [1.54, 1.807) is 24.0 Å². The highest BCUT2D eigenvalue weighted by Crippen LogP contribution is 2.24. The van der Waals surface area contributed by atoms with Gasteiger partial charge in [-0.25, -0.2) is 4.39 Å². The van der Waals surface area contributed by atoms with Gasteiger partial charge in [0.25, 0.3) is 0 Å². The zero-order chi connectivity index (χ0) is 23.0. The van der Waals surface area contributed by atoms with Crippen molar-refractivity contribution in [1.29, 1.82) is 0 Å². The Labute approximate surface area is 201 Å². The maximum atomic E-state index is 14.0. The average Bonchev–Trinajstić information content (AvgIpc) is 2.74. The Morgan fingerprint density at radius 1 is 1.19 bits per heavy atom. The van der Waals surface area contributed by atoms with Gasteiger partial charge in [-0.1, -0.05) is 52.7 Å². The summed E-state index contributed by atoms with van der Waals surface area (Å²) in [5.74, 6) is -0.381. The first-order valence-corrected chi connectivity index (χ1v) is 12.4. The molecule has 2 aromatic rings. The van der Waals surface area contributed by atoms with E-state index in [0.29, 0.717) is 17.1 Å². The predicted octanol–water partition coefficient (Wildman–Crippen LogP) is 5.81. The molecule has 168 valence electrons. The van der Waals surface area contributed by atoms with Crippen LogP contribution in [-0.2, 0) is 21.9 Å². The lowest BCUT2D eigenvalue weighted by Gasteiger charge is -2.29. The minimum atomic E-state index is -0.636. The van der Waals surface area contributed by atoms with Crippen molar-refractivity contribution in [3.63, 3.8) is 0 Å². The molecule has 2 amide bonds. The molecule has 31 heavy (non-hydrogen) atoms. The van der Waals surface area contributed by atoms with Crippen LogP contribution < -0.4 is 5.32 Å². The molecule has 4 nitrogen and oxygen atoms in total. The number of amides is 2. The second kappa shape index (κ2) is 12.5. The molecule has 0 bridgehead atoms. The number of carbonyl (C=O) groups excluding carboxylic acids is 2. The molecular formula is C23H27BrClFN2O2S. The Balaban J connectivity index is 2.11. The summed E-state index contributed by atoms with van der Waals surface area (Å²) >= 11 is 10.8. The monoisotopic (exact) mass is 528 g/mol. The molecule has 0 heterocycles. The van der Waals surface area contributed by atoms with Crippen LogP contribution in [0.25, 0.3) is 0 Å². The van der Waals surface area contributed by atoms with Crippen molar-refractivity contribution >= 4 is 51.1 Å². The molecule has 0 aliphatic carbocycles. The average molecular weight is 530 g/mol. The molecule has 0 radical (unpaired) electrons. The molecule has 0 saturated heterocycles. The van der Waals surface area contributed by atoms with E-state index in [1.165, 1.54) is 17.8 Å². The van der Waals surface area contributed by atoms with E-state index in [4.69, 9.17) is 11.6 Å². The maximum absolute atomic E-state index is 14.0. The van der Waals surface area contributed by atoms with Crippen molar-refractivity contribution in [2.24, 2.45) is 0 Å². The summed E-state index contributed by atoms with van der Waals surface area (Å²) < 4.78 is 14.9. The predicted molar refractivity (Wildman–Crippen MR) is 130 cm³/mol. The highest BCUT2D eigenvalue weighted by atomic mass is 79.9. The summed E-state index contributed by atoms with van der Waals surface area (Å²) in [6, 6.07) is 11.5. The van der Waals surface area contributed by atoms with Gasteiger partial charge in [-0.3, -0.25) is 9.59 Å². The second-order valence-electron chi connectivity index (χ2n) is 7.33. The summed E-state index contributed by atoms with van der Waals surface area (Å²) in [5, 5.41) is 3.28. The Bertz CT molecular complexity index is 877. The number of nitrogens with one attached hydrogen (secondary N) is 1. The minimum absolute atomic E-state index is 0.0251. The van der Waals surface area contributed by atoms with Gasteiger partial charge in [-0.15, -0.1) is 11.8 Å². The molecular weight excluding hydrogens is 503 g/mol. The third-order valence-electron chi connectivity index (χ3n) is 4.97. The first kappa shape index (κ1) is 25.7. The summed E-state index contributed by atoms with van der Waals surface area (Å²) in [4.78, 5) is 27.3. The van der Waals surface area contributed by atoms with Crippen LogP contribution in [0.15, 0.2) is 46.9 Å². The molecule has 2 aromatic carbocycles. The van der Waals surface area contributed by atoms with Crippen LogP contribution in [0.4, 0.5) is 4.39 Å². The van der Waals surface area contributed by atoms with Crippen LogP contribution in [-0.4, -0.2) is 34.6 Å². The number of thioether (sulfide) groups is 1. The standard InChI is InChI=1S/C23H27BrClFN2O2S/c1-4-15(2)27-23(30)16(3)28(12-17-8-10-18(24)11-9-17)22(29)14-31-13-19-20(25)6-5-7-21(19)26/h5-11,15-16H,4,12-14H2,1-3H3,(H,27,30)/t15-,16+/m0/s1. The van der Waals surface area contributed by atoms with Crippen molar-refractivity contribution in [3.8, 4) is 0 Å². The third kappa shape index (κ3) is 7.81. The van der Waals surface area contributed by atoms with Gasteiger partial charge < -0.3 is 10.2 Å². The van der Waals surface area contributed by atoms with Crippen LogP contribution in [0.2, 0.25) is 5.02 Å². The van der Waals surface area contributed by atoms with E-state index in [0.717, 1.165) is 16.5 Å². The molecule has 0 fully saturated rings. The first-order valence-electron chi connectivity index (χ1n) is 10.1. The van der Waals surface area contributed by atoms with Crippen molar-refractivity contribution in [3.05, 3.63) is 68.9 Å². The Morgan fingerprint density at radius 3 is 2.48 bits per heavy atom. The van der Waals surface area contributed by atoms with E-state index in [9.17, 15) is 14.0 Å². The van der Waals surface area contributed by atoms with Gasteiger partial charge in [0.05, 0.1) is 5.75 Å². The van der Waals surface area contributed by atoms with Crippen LogP contribution in [0.1, 0.15) is 38.3 Å². The molecule has 8 heteroatoms. The number of nitrogens with zero attached hydrogens (tertiary/aromatic N) is 1. The molecule has 0 spiro atoms. The summed E-state index contributed by atoms with van der Waals surface area (Å²) in [6.07, 6.45) is 0.804. The van der Waals surface area contributed by atoms with Gasteiger partial charge in [0.2, 0.25) is 11.8 Å². The number of hydrogen-bond acceptors (Lipinski definition) is 3. The topological polar surface area (TPSA) is 49.4 Å². The molecule has 0 aliphatic heterocycles. The smallest absolute Gasteiger partial charge is 0.242 e. The maximum Gasteiger partial charge on any atom is 0.242 e. The van der Waals surface area contributed by atoms with Gasteiger partial charge in [-0.05, 0) is 50.1 Å². The second-order valence-corrected chi connectivity index (χ2v) is 9.64. The molecule has 0 aliphatic rings. The van der Waals surface area contributed by atoms with Gasteiger partial charge in [0.15, 0.2) is 0 Å². The van der Waals surface area contributed by atoms with E-state index in [1.807, 2.05) is 38.1 Å². The van der Waals surface area contributed by atoms with Crippen molar-refractivity contribution in [2.75, 3.05) is 5.75 Å². The van der Waals surface area contributed by atoms with Crippen LogP contribution >= 0.6 is 39.3 Å².